The van der Waals surface area contributed by atoms with Gasteiger partial charge in [0.15, 0.2) is 0 Å². The number of fused-ring (bicyclic) bond motifs is 1. The van der Waals surface area contributed by atoms with E-state index >= 15 is 0 Å². The van der Waals surface area contributed by atoms with Crippen LogP contribution in [0.15, 0.2) is 29.4 Å². The van der Waals surface area contributed by atoms with E-state index in [1.54, 1.807) is 12.1 Å². The number of hydrogen-bond donors (Lipinski definition) is 1. The largest absolute Gasteiger partial charge is 0.439 e. The number of nitrogens with zero attached hydrogens (tertiary/aromatic N) is 3. The van der Waals surface area contributed by atoms with E-state index in [-0.39, 0.29) is 22.7 Å². The lowest BCUT2D eigenvalue weighted by Crippen LogP contribution is -2.61. The van der Waals surface area contributed by atoms with Gasteiger partial charge in [-0.05, 0) is 43.5 Å². The first-order valence-corrected chi connectivity index (χ1v) is 8.64. The molecule has 0 bridgehead atoms. The fourth-order valence-corrected chi connectivity index (χ4v) is 3.62. The Labute approximate surface area is 150 Å². The van der Waals surface area contributed by atoms with Crippen LogP contribution in [-0.2, 0) is 0 Å². The first-order valence-electron chi connectivity index (χ1n) is 8.64. The molecule has 0 unspecified atom stereocenters. The van der Waals surface area contributed by atoms with Gasteiger partial charge in [-0.15, -0.1) is 0 Å². The monoisotopic (exact) mass is 369 g/mol. The van der Waals surface area contributed by atoms with E-state index in [9.17, 15) is 23.1 Å². The third-order valence-electron chi connectivity index (χ3n) is 5.11. The van der Waals surface area contributed by atoms with Crippen molar-refractivity contribution in [1.29, 1.82) is 0 Å². The lowest BCUT2D eigenvalue weighted by molar-refractivity contribution is -0.312. The van der Waals surface area contributed by atoms with Gasteiger partial charge in [-0.3, -0.25) is 4.79 Å². The van der Waals surface area contributed by atoms with Crippen molar-refractivity contribution < 1.29 is 23.1 Å². The number of carbonyl (C=O) groups excluding carboxylic acids is 1. The van der Waals surface area contributed by atoms with Crippen molar-refractivity contribution in [3.05, 3.63) is 29.8 Å². The van der Waals surface area contributed by atoms with Gasteiger partial charge in [0.05, 0.1) is 5.92 Å². The van der Waals surface area contributed by atoms with Gasteiger partial charge < -0.3 is 10.0 Å². The van der Waals surface area contributed by atoms with E-state index in [0.29, 0.717) is 19.3 Å². The molecule has 1 aliphatic carbocycles. The summed E-state index contributed by atoms with van der Waals surface area (Å²) in [5.74, 6) is -2.15. The van der Waals surface area contributed by atoms with Crippen LogP contribution in [0.1, 0.15) is 42.5 Å². The molecule has 26 heavy (non-hydrogen) atoms. The maximum Gasteiger partial charge on any atom is 0.439 e. The van der Waals surface area contributed by atoms with E-state index in [4.69, 9.17) is 0 Å². The highest BCUT2D eigenvalue weighted by molar-refractivity contribution is 5.99. The number of hydrogen-bond acceptors (Lipinski definition) is 4. The summed E-state index contributed by atoms with van der Waals surface area (Å²) in [5, 5.41) is 14.8. The summed E-state index contributed by atoms with van der Waals surface area (Å²) in [7, 11) is 3.64. The van der Waals surface area contributed by atoms with E-state index in [0.717, 1.165) is 12.1 Å². The number of rotatable bonds is 2. The third kappa shape index (κ3) is 2.96. The summed E-state index contributed by atoms with van der Waals surface area (Å²) in [6.45, 7) is 0. The Morgan fingerprint density at radius 3 is 2.46 bits per heavy atom. The van der Waals surface area contributed by atoms with E-state index < -0.39 is 23.7 Å². The van der Waals surface area contributed by atoms with E-state index in [2.05, 4.69) is 5.10 Å². The molecule has 1 fully saturated rings. The minimum atomic E-state index is -4.99. The summed E-state index contributed by atoms with van der Waals surface area (Å²) in [4.78, 5) is 14.6. The number of carbonyl (C=O) groups is 1. The van der Waals surface area contributed by atoms with Crippen molar-refractivity contribution >= 4 is 17.3 Å². The SMILES string of the molecule is CN(C)c1ccc(C(=O)N2N=C3CCCCC[C@@H]3[C@@]2(O)C(F)(F)F)cc1. The molecule has 3 rings (SSSR count). The molecule has 1 amide bonds. The van der Waals surface area contributed by atoms with Gasteiger partial charge in [0.1, 0.15) is 0 Å². The number of benzene rings is 1. The van der Waals surface area contributed by atoms with Crippen molar-refractivity contribution in [3.8, 4) is 0 Å². The van der Waals surface area contributed by atoms with Crippen molar-refractivity contribution in [1.82, 2.24) is 5.01 Å². The zero-order valence-corrected chi connectivity index (χ0v) is 14.8. The molecule has 1 heterocycles. The first-order chi connectivity index (χ1) is 12.2. The smallest absolute Gasteiger partial charge is 0.378 e. The molecule has 2 aliphatic rings. The topological polar surface area (TPSA) is 56.1 Å². The molecule has 142 valence electrons. The molecule has 0 radical (unpaired) electrons. The van der Waals surface area contributed by atoms with Gasteiger partial charge in [0.25, 0.3) is 11.6 Å². The van der Waals surface area contributed by atoms with Gasteiger partial charge >= 0.3 is 6.18 Å². The highest BCUT2D eigenvalue weighted by Crippen LogP contribution is 2.48. The van der Waals surface area contributed by atoms with Crippen molar-refractivity contribution in [2.24, 2.45) is 11.0 Å². The molecule has 8 heteroatoms. The molecule has 1 aromatic rings. The van der Waals surface area contributed by atoms with Crippen LogP contribution in [0.3, 0.4) is 0 Å². The Morgan fingerprint density at radius 2 is 1.88 bits per heavy atom. The average molecular weight is 369 g/mol. The molecular formula is C18H22F3N3O2. The maximum atomic E-state index is 13.8. The van der Waals surface area contributed by atoms with Crippen LogP contribution < -0.4 is 4.90 Å². The summed E-state index contributed by atoms with van der Waals surface area (Å²) in [6.07, 6.45) is -2.38. The molecule has 1 saturated carbocycles. The fraction of sp³-hybridized carbons (Fsp3) is 0.556. The van der Waals surface area contributed by atoms with Crippen molar-refractivity contribution in [2.45, 2.75) is 44.0 Å². The molecule has 0 aromatic heterocycles. The van der Waals surface area contributed by atoms with Crippen LogP contribution in [-0.4, -0.2) is 47.7 Å². The highest BCUT2D eigenvalue weighted by atomic mass is 19.4. The Kier molecular flexibility index (Phi) is 4.72. The van der Waals surface area contributed by atoms with E-state index in [1.807, 2.05) is 19.0 Å². The van der Waals surface area contributed by atoms with Crippen LogP contribution in [0.5, 0.6) is 0 Å². The normalized spacial score (nSPS) is 26.2. The molecule has 1 aliphatic heterocycles. The van der Waals surface area contributed by atoms with Gasteiger partial charge in [-0.25, -0.2) is 0 Å². The predicted molar refractivity (Wildman–Crippen MR) is 92.0 cm³/mol. The Morgan fingerprint density at radius 1 is 1.23 bits per heavy atom. The van der Waals surface area contributed by atoms with Gasteiger partial charge in [-0.1, -0.05) is 12.8 Å². The number of amides is 1. The van der Waals surface area contributed by atoms with Crippen LogP contribution in [0.25, 0.3) is 0 Å². The number of anilines is 1. The number of alkyl halides is 3. The van der Waals surface area contributed by atoms with Crippen LogP contribution >= 0.6 is 0 Å². The Balaban J connectivity index is 1.99. The van der Waals surface area contributed by atoms with Crippen LogP contribution in [0.4, 0.5) is 18.9 Å². The number of hydrazone groups is 1. The van der Waals surface area contributed by atoms with Gasteiger partial charge in [0, 0.05) is 31.1 Å². The third-order valence-corrected chi connectivity index (χ3v) is 5.11. The lowest BCUT2D eigenvalue weighted by Gasteiger charge is -2.37. The Hall–Kier alpha value is -2.09. The van der Waals surface area contributed by atoms with Gasteiger partial charge in [-0.2, -0.15) is 23.3 Å². The van der Waals surface area contributed by atoms with Gasteiger partial charge in [0.2, 0.25) is 0 Å². The van der Waals surface area contributed by atoms with Crippen LogP contribution in [0, 0.1) is 5.92 Å². The summed E-state index contributed by atoms with van der Waals surface area (Å²) in [6, 6.07) is 6.17. The molecule has 5 nitrogen and oxygen atoms in total. The number of aliphatic hydroxyl groups is 1. The van der Waals surface area contributed by atoms with Crippen LogP contribution in [0.2, 0.25) is 0 Å². The maximum absolute atomic E-state index is 13.8. The zero-order valence-electron chi connectivity index (χ0n) is 14.8. The molecule has 1 N–H and O–H groups in total. The zero-order chi connectivity index (χ0) is 19.1. The fourth-order valence-electron chi connectivity index (χ4n) is 3.62. The minimum absolute atomic E-state index is 0.0547. The number of halogens is 3. The average Bonchev–Trinajstić information content (AvgIpc) is 2.74. The highest BCUT2D eigenvalue weighted by Gasteiger charge is 2.68. The first kappa shape index (κ1) is 18.7. The molecule has 2 atom stereocenters. The van der Waals surface area contributed by atoms with Crippen molar-refractivity contribution in [2.75, 3.05) is 19.0 Å². The molecule has 0 saturated heterocycles. The second-order valence-corrected chi connectivity index (χ2v) is 7.03. The van der Waals surface area contributed by atoms with Crippen molar-refractivity contribution in [3.63, 3.8) is 0 Å². The second kappa shape index (κ2) is 6.57. The summed E-state index contributed by atoms with van der Waals surface area (Å²) in [5.41, 5.74) is -2.16. The minimum Gasteiger partial charge on any atom is -0.378 e. The quantitative estimate of drug-likeness (QED) is 0.869. The summed E-state index contributed by atoms with van der Waals surface area (Å²) < 4.78 is 41.5. The molecular weight excluding hydrogens is 347 g/mol. The standard InChI is InChI=1S/C18H22F3N3O2/c1-23(2)13-10-8-12(9-11-13)16(25)24-17(26,18(19,20)21)14-6-4-3-5-7-15(14)22-24/h8-11,14,26H,3-7H2,1-2H3/t14-,17+/m0/s1. The Bertz CT molecular complexity index is 715. The second-order valence-electron chi connectivity index (χ2n) is 7.03. The van der Waals surface area contributed by atoms with E-state index in [1.165, 1.54) is 12.1 Å². The predicted octanol–water partition coefficient (Wildman–Crippen LogP) is 3.40. The summed E-state index contributed by atoms with van der Waals surface area (Å²) >= 11 is 0. The molecule has 1 aromatic carbocycles. The molecule has 0 spiro atoms. The lowest BCUT2D eigenvalue weighted by atomic mass is 9.87.